The van der Waals surface area contributed by atoms with Gasteiger partial charge in [0, 0.05) is 42.5 Å². The molecule has 0 fully saturated rings. The van der Waals surface area contributed by atoms with Crippen LogP contribution in [-0.2, 0) is 23.2 Å². The second-order valence-corrected chi connectivity index (χ2v) is 11.0. The van der Waals surface area contributed by atoms with Crippen molar-refractivity contribution in [3.63, 3.8) is 0 Å². The number of halogens is 3. The second kappa shape index (κ2) is 8.97. The molecule has 0 bridgehead atoms. The molecule has 3 heterocycles. The fourth-order valence-electron chi connectivity index (χ4n) is 6.48. The van der Waals surface area contributed by atoms with E-state index >= 15 is 4.39 Å². The van der Waals surface area contributed by atoms with Crippen molar-refractivity contribution >= 4 is 29.1 Å². The third-order valence-electron chi connectivity index (χ3n) is 8.00. The molecule has 3 aromatic rings. The van der Waals surface area contributed by atoms with Gasteiger partial charge in [0.25, 0.3) is 0 Å². The van der Waals surface area contributed by atoms with Gasteiger partial charge in [-0.1, -0.05) is 6.92 Å². The van der Waals surface area contributed by atoms with Gasteiger partial charge in [0.1, 0.15) is 0 Å². The van der Waals surface area contributed by atoms with Crippen LogP contribution in [0, 0.1) is 17.5 Å². The normalized spacial score (nSPS) is 22.2. The molecule has 1 aliphatic carbocycles. The van der Waals surface area contributed by atoms with E-state index < -0.39 is 28.8 Å². The molecule has 2 aromatic carbocycles. The van der Waals surface area contributed by atoms with Gasteiger partial charge in [-0.25, -0.2) is 18.2 Å². The molecule has 38 heavy (non-hydrogen) atoms. The zero-order valence-electron chi connectivity index (χ0n) is 21.2. The van der Waals surface area contributed by atoms with Crippen molar-refractivity contribution in [1.29, 1.82) is 0 Å². The van der Waals surface area contributed by atoms with E-state index in [0.717, 1.165) is 49.9 Å². The molecule has 10 heteroatoms. The predicted octanol–water partition coefficient (Wildman–Crippen LogP) is 5.39. The Morgan fingerprint density at radius 1 is 1.16 bits per heavy atom. The topological polar surface area (TPSA) is 81.6 Å². The number of aromatic nitrogens is 2. The zero-order chi connectivity index (χ0) is 26.8. The van der Waals surface area contributed by atoms with E-state index in [9.17, 15) is 18.7 Å². The van der Waals surface area contributed by atoms with Crippen molar-refractivity contribution in [2.75, 3.05) is 30.4 Å². The van der Waals surface area contributed by atoms with E-state index in [1.165, 1.54) is 28.0 Å². The van der Waals surface area contributed by atoms with E-state index in [-0.39, 0.29) is 30.4 Å². The minimum Gasteiger partial charge on any atom is -0.481 e. The van der Waals surface area contributed by atoms with Gasteiger partial charge in [-0.3, -0.25) is 4.79 Å². The molecule has 198 valence electrons. The predicted molar refractivity (Wildman–Crippen MR) is 137 cm³/mol. The highest BCUT2D eigenvalue weighted by molar-refractivity contribution is 5.76. The Morgan fingerprint density at radius 2 is 1.92 bits per heavy atom. The molecule has 0 saturated carbocycles. The quantitative estimate of drug-likeness (QED) is 0.464. The van der Waals surface area contributed by atoms with E-state index in [4.69, 9.17) is 0 Å². The number of anilines is 4. The molecule has 2 N–H and O–H groups in total. The van der Waals surface area contributed by atoms with Crippen LogP contribution in [0.5, 0.6) is 0 Å². The SMILES string of the molecule is CN1Cc2cc(Nc3ncc(F)c(N4CC(C)(CC(=O)O)c5cc(F)c(F)cc54)n3)cc3c2C(CCC3)C1. The number of carbonyl (C=O) groups is 1. The first-order valence-corrected chi connectivity index (χ1v) is 12.7. The van der Waals surface area contributed by atoms with Gasteiger partial charge in [0.2, 0.25) is 5.95 Å². The molecule has 7 nitrogen and oxygen atoms in total. The minimum absolute atomic E-state index is 0.0123. The zero-order valence-corrected chi connectivity index (χ0v) is 21.2. The Hall–Kier alpha value is -3.66. The number of aryl methyl sites for hydroxylation is 1. The van der Waals surface area contributed by atoms with Crippen LogP contribution < -0.4 is 10.2 Å². The molecular formula is C28H28F3N5O2. The summed E-state index contributed by atoms with van der Waals surface area (Å²) in [6.45, 7) is 3.53. The van der Waals surface area contributed by atoms with Crippen LogP contribution >= 0.6 is 0 Å². The van der Waals surface area contributed by atoms with Crippen molar-refractivity contribution < 1.29 is 23.1 Å². The summed E-state index contributed by atoms with van der Waals surface area (Å²) in [6.07, 6.45) is 4.01. The number of likely N-dealkylation sites (N-methyl/N-ethyl adjacent to an activating group) is 1. The Labute approximate surface area is 218 Å². The fourth-order valence-corrected chi connectivity index (χ4v) is 6.48. The third kappa shape index (κ3) is 4.16. The molecule has 2 aliphatic heterocycles. The molecule has 6 rings (SSSR count). The van der Waals surface area contributed by atoms with Gasteiger partial charge in [-0.2, -0.15) is 4.98 Å². The van der Waals surface area contributed by atoms with Crippen LogP contribution in [0.4, 0.5) is 36.3 Å². The smallest absolute Gasteiger partial charge is 0.304 e. The number of carboxylic acid groups (broad SMARTS) is 1. The molecule has 0 spiro atoms. The Kier molecular flexibility index (Phi) is 5.82. The van der Waals surface area contributed by atoms with Crippen LogP contribution in [-0.4, -0.2) is 46.1 Å². The number of nitrogens with zero attached hydrogens (tertiary/aromatic N) is 4. The summed E-state index contributed by atoms with van der Waals surface area (Å²) < 4.78 is 43.5. The molecule has 1 aromatic heterocycles. The van der Waals surface area contributed by atoms with Crippen molar-refractivity contribution in [2.45, 2.75) is 50.5 Å². The van der Waals surface area contributed by atoms with Gasteiger partial charge in [-0.15, -0.1) is 0 Å². The van der Waals surface area contributed by atoms with E-state index in [1.807, 2.05) is 0 Å². The lowest BCUT2D eigenvalue weighted by Gasteiger charge is -2.37. The number of benzene rings is 2. The fraction of sp³-hybridized carbons (Fsp3) is 0.393. The van der Waals surface area contributed by atoms with Crippen LogP contribution in [0.25, 0.3) is 0 Å². The number of aliphatic carboxylic acids is 1. The Morgan fingerprint density at radius 3 is 2.71 bits per heavy atom. The summed E-state index contributed by atoms with van der Waals surface area (Å²) in [6, 6.07) is 6.16. The summed E-state index contributed by atoms with van der Waals surface area (Å²) in [7, 11) is 2.12. The first-order chi connectivity index (χ1) is 18.1. The van der Waals surface area contributed by atoms with E-state index in [0.29, 0.717) is 11.5 Å². The number of rotatable bonds is 5. The van der Waals surface area contributed by atoms with Crippen LogP contribution in [0.2, 0.25) is 0 Å². The largest absolute Gasteiger partial charge is 0.481 e. The van der Waals surface area contributed by atoms with Gasteiger partial charge in [0.15, 0.2) is 23.3 Å². The molecule has 2 unspecified atom stereocenters. The first kappa shape index (κ1) is 24.7. The molecule has 3 aliphatic rings. The number of fused-ring (bicyclic) bond motifs is 1. The van der Waals surface area contributed by atoms with Gasteiger partial charge < -0.3 is 20.2 Å². The maximum Gasteiger partial charge on any atom is 0.304 e. The lowest BCUT2D eigenvalue weighted by Crippen LogP contribution is -2.33. The maximum absolute atomic E-state index is 15.1. The number of hydrogen-bond donors (Lipinski definition) is 2. The average Bonchev–Trinajstić information content (AvgIpc) is 3.10. The second-order valence-electron chi connectivity index (χ2n) is 11.0. The summed E-state index contributed by atoms with van der Waals surface area (Å²) in [5.74, 6) is -3.49. The van der Waals surface area contributed by atoms with Crippen molar-refractivity contribution in [3.8, 4) is 0 Å². The average molecular weight is 524 g/mol. The molecule has 0 amide bonds. The van der Waals surface area contributed by atoms with Gasteiger partial charge >= 0.3 is 5.97 Å². The summed E-state index contributed by atoms with van der Waals surface area (Å²) in [5.41, 5.74) is 4.22. The lowest BCUT2D eigenvalue weighted by molar-refractivity contribution is -0.138. The molecular weight excluding hydrogens is 495 g/mol. The maximum atomic E-state index is 15.1. The van der Waals surface area contributed by atoms with Crippen molar-refractivity contribution in [2.24, 2.45) is 0 Å². The lowest BCUT2D eigenvalue weighted by atomic mass is 9.77. The van der Waals surface area contributed by atoms with Crippen LogP contribution in [0.3, 0.4) is 0 Å². The molecule has 0 radical (unpaired) electrons. The molecule has 0 saturated heterocycles. The van der Waals surface area contributed by atoms with Crippen LogP contribution in [0.1, 0.15) is 54.4 Å². The first-order valence-electron chi connectivity index (χ1n) is 12.7. The Balaban J connectivity index is 1.37. The van der Waals surface area contributed by atoms with Crippen molar-refractivity contribution in [1.82, 2.24) is 14.9 Å². The standard InChI is InChI=1S/C28H28F3N5O2/c1-28(10-24(37)38)14-36(23-9-21(30)20(29)8-19(23)28)26-22(31)11-32-27(34-26)33-18-6-15-4-3-5-16-12-35(2)13-17(7-18)25(15)16/h6-9,11,16H,3-5,10,12-14H2,1-2H3,(H,37,38)(H,32,33,34). The monoisotopic (exact) mass is 523 g/mol. The van der Waals surface area contributed by atoms with Crippen LogP contribution in [0.15, 0.2) is 30.5 Å². The highest BCUT2D eigenvalue weighted by Gasteiger charge is 2.43. The third-order valence-corrected chi connectivity index (χ3v) is 8.00. The van der Waals surface area contributed by atoms with E-state index in [2.05, 4.69) is 39.4 Å². The van der Waals surface area contributed by atoms with Gasteiger partial charge in [0.05, 0.1) is 12.6 Å². The van der Waals surface area contributed by atoms with E-state index in [1.54, 1.807) is 6.92 Å². The summed E-state index contributed by atoms with van der Waals surface area (Å²) in [4.78, 5) is 23.8. The number of hydrogen-bond acceptors (Lipinski definition) is 6. The Bertz CT molecular complexity index is 1460. The highest BCUT2D eigenvalue weighted by Crippen LogP contribution is 2.47. The van der Waals surface area contributed by atoms with Gasteiger partial charge in [-0.05, 0) is 72.7 Å². The number of carboxylic acids is 1. The summed E-state index contributed by atoms with van der Waals surface area (Å²) >= 11 is 0. The summed E-state index contributed by atoms with van der Waals surface area (Å²) in [5, 5.41) is 12.7. The van der Waals surface area contributed by atoms with Crippen molar-refractivity contribution in [3.05, 3.63) is 70.2 Å². The minimum atomic E-state index is -1.10. The number of nitrogens with one attached hydrogen (secondary N) is 1. The highest BCUT2D eigenvalue weighted by atomic mass is 19.2. The molecule has 2 atom stereocenters.